The second-order valence-electron chi connectivity index (χ2n) is 4.72. The molecule has 21 heavy (non-hydrogen) atoms. The molecular weight excluding hydrogens is 345 g/mol. The van der Waals surface area contributed by atoms with Crippen LogP contribution in [-0.4, -0.2) is 34.8 Å². The van der Waals surface area contributed by atoms with Crippen LogP contribution in [0.5, 0.6) is 5.75 Å². The molecule has 1 fully saturated rings. The van der Waals surface area contributed by atoms with E-state index in [0.29, 0.717) is 5.56 Å². The molecule has 7 heteroatoms. The van der Waals surface area contributed by atoms with E-state index in [1.165, 1.54) is 38.3 Å². The first-order valence-corrected chi connectivity index (χ1v) is 7.19. The van der Waals surface area contributed by atoms with Crippen molar-refractivity contribution in [2.45, 2.75) is 30.7 Å². The Hall–Kier alpha value is -1.63. The van der Waals surface area contributed by atoms with Gasteiger partial charge in [0.2, 0.25) is 5.91 Å². The zero-order chi connectivity index (χ0) is 15.6. The van der Waals surface area contributed by atoms with E-state index in [1.807, 2.05) is 0 Å². The van der Waals surface area contributed by atoms with Crippen LogP contribution >= 0.6 is 15.9 Å². The maximum absolute atomic E-state index is 14.6. The van der Waals surface area contributed by atoms with Crippen molar-refractivity contribution < 1.29 is 23.5 Å². The fraction of sp³-hybridized carbons (Fsp3) is 0.429. The van der Waals surface area contributed by atoms with Crippen molar-refractivity contribution in [2.24, 2.45) is 0 Å². The van der Waals surface area contributed by atoms with Crippen LogP contribution in [0.4, 0.5) is 4.39 Å². The van der Waals surface area contributed by atoms with Crippen LogP contribution in [0, 0.1) is 0 Å². The van der Waals surface area contributed by atoms with E-state index in [-0.39, 0.29) is 11.8 Å². The minimum Gasteiger partial charge on any atom is -0.465 e. The van der Waals surface area contributed by atoms with Crippen LogP contribution in [0.2, 0.25) is 0 Å². The maximum atomic E-state index is 14.6. The fourth-order valence-electron chi connectivity index (χ4n) is 1.95. The standard InChI is InChI=1S/C14H15BrFNO4/c1-9(18)17(11-5-6-11)14(15,16)21-12-7-3-10(4-8-12)13(19)20-2/h3-4,7-8,11H,5-6H2,1-2H3. The summed E-state index contributed by atoms with van der Waals surface area (Å²) in [6, 6.07) is 5.64. The first-order chi connectivity index (χ1) is 9.85. The maximum Gasteiger partial charge on any atom is 0.393 e. The van der Waals surface area contributed by atoms with Gasteiger partial charge in [0, 0.05) is 28.9 Å². The Kier molecular flexibility index (Phi) is 4.51. The highest BCUT2D eigenvalue weighted by molar-refractivity contribution is 9.09. The molecule has 0 aromatic heterocycles. The molecule has 0 radical (unpaired) electrons. The van der Waals surface area contributed by atoms with Gasteiger partial charge in [-0.05, 0) is 37.1 Å². The van der Waals surface area contributed by atoms with Gasteiger partial charge in [0.1, 0.15) is 5.75 Å². The number of carbonyl (C=O) groups excluding carboxylic acids is 2. The number of amides is 1. The summed E-state index contributed by atoms with van der Waals surface area (Å²) in [7, 11) is 1.28. The summed E-state index contributed by atoms with van der Waals surface area (Å²) in [4.78, 5) is 21.5. The normalized spacial score (nSPS) is 16.8. The molecule has 1 saturated carbocycles. The van der Waals surface area contributed by atoms with Gasteiger partial charge < -0.3 is 9.47 Å². The van der Waals surface area contributed by atoms with E-state index in [1.54, 1.807) is 0 Å². The summed E-state index contributed by atoms with van der Waals surface area (Å²) in [6.07, 6.45) is 1.50. The summed E-state index contributed by atoms with van der Waals surface area (Å²) in [5, 5.41) is 0. The second-order valence-corrected chi connectivity index (χ2v) is 5.70. The lowest BCUT2D eigenvalue weighted by molar-refractivity contribution is -0.157. The molecule has 2 rings (SSSR count). The highest BCUT2D eigenvalue weighted by atomic mass is 79.9. The van der Waals surface area contributed by atoms with Crippen molar-refractivity contribution in [1.29, 1.82) is 0 Å². The number of alkyl halides is 2. The minimum absolute atomic E-state index is 0.152. The minimum atomic E-state index is -2.41. The SMILES string of the molecule is COC(=O)c1ccc(OC(F)(Br)N(C(C)=O)C2CC2)cc1. The van der Waals surface area contributed by atoms with E-state index in [0.717, 1.165) is 17.7 Å². The zero-order valence-electron chi connectivity index (χ0n) is 11.6. The summed E-state index contributed by atoms with van der Waals surface area (Å²) in [5.74, 6) is -0.716. The molecule has 0 bridgehead atoms. The number of ether oxygens (including phenoxy) is 2. The third-order valence-electron chi connectivity index (χ3n) is 3.05. The number of esters is 1. The lowest BCUT2D eigenvalue weighted by Gasteiger charge is -2.32. The Morgan fingerprint density at radius 1 is 1.33 bits per heavy atom. The molecule has 0 aliphatic heterocycles. The Morgan fingerprint density at radius 3 is 2.33 bits per heavy atom. The van der Waals surface area contributed by atoms with Crippen molar-refractivity contribution >= 4 is 27.8 Å². The molecule has 1 aromatic rings. The van der Waals surface area contributed by atoms with Crippen molar-refractivity contribution in [3.8, 4) is 5.75 Å². The van der Waals surface area contributed by atoms with E-state index in [9.17, 15) is 14.0 Å². The molecule has 0 heterocycles. The smallest absolute Gasteiger partial charge is 0.393 e. The van der Waals surface area contributed by atoms with Gasteiger partial charge in [-0.1, -0.05) is 0 Å². The van der Waals surface area contributed by atoms with Crippen LogP contribution in [0.3, 0.4) is 0 Å². The number of methoxy groups -OCH3 is 1. The van der Waals surface area contributed by atoms with Gasteiger partial charge in [-0.25, -0.2) is 4.79 Å². The Morgan fingerprint density at radius 2 is 1.90 bits per heavy atom. The molecule has 1 aromatic carbocycles. The van der Waals surface area contributed by atoms with Gasteiger partial charge in [0.15, 0.2) is 0 Å². The van der Waals surface area contributed by atoms with E-state index >= 15 is 0 Å². The number of halogens is 2. The predicted molar refractivity (Wildman–Crippen MR) is 76.7 cm³/mol. The van der Waals surface area contributed by atoms with E-state index in [2.05, 4.69) is 20.7 Å². The molecule has 1 amide bonds. The third kappa shape index (κ3) is 3.72. The fourth-order valence-corrected chi connectivity index (χ4v) is 2.68. The van der Waals surface area contributed by atoms with Gasteiger partial charge in [0.05, 0.1) is 12.7 Å². The van der Waals surface area contributed by atoms with Crippen LogP contribution in [0.1, 0.15) is 30.1 Å². The molecule has 1 aliphatic carbocycles. The highest BCUT2D eigenvalue weighted by Gasteiger charge is 2.47. The molecule has 1 atom stereocenters. The van der Waals surface area contributed by atoms with E-state index < -0.39 is 16.8 Å². The van der Waals surface area contributed by atoms with Gasteiger partial charge in [-0.2, -0.15) is 4.39 Å². The molecule has 0 spiro atoms. The number of rotatable bonds is 5. The Balaban J connectivity index is 2.12. The molecule has 0 saturated heterocycles. The van der Waals surface area contributed by atoms with Crippen molar-refractivity contribution in [3.05, 3.63) is 29.8 Å². The van der Waals surface area contributed by atoms with Gasteiger partial charge >= 0.3 is 10.9 Å². The second kappa shape index (κ2) is 6.01. The lowest BCUT2D eigenvalue weighted by atomic mass is 10.2. The number of nitrogens with zero attached hydrogens (tertiary/aromatic N) is 1. The summed E-state index contributed by atoms with van der Waals surface area (Å²) in [5.41, 5.74) is 0.328. The van der Waals surface area contributed by atoms with Crippen LogP contribution in [0.25, 0.3) is 0 Å². The molecular formula is C14H15BrFNO4. The summed E-state index contributed by atoms with van der Waals surface area (Å²) >= 11 is 2.81. The summed E-state index contributed by atoms with van der Waals surface area (Å²) in [6.45, 7) is 1.29. The van der Waals surface area contributed by atoms with Crippen LogP contribution in [0.15, 0.2) is 24.3 Å². The average molecular weight is 360 g/mol. The highest BCUT2D eigenvalue weighted by Crippen LogP contribution is 2.38. The van der Waals surface area contributed by atoms with Gasteiger partial charge in [0.25, 0.3) is 0 Å². The quantitative estimate of drug-likeness (QED) is 0.351. The zero-order valence-corrected chi connectivity index (χ0v) is 13.2. The molecule has 5 nitrogen and oxygen atoms in total. The molecule has 114 valence electrons. The van der Waals surface area contributed by atoms with Crippen molar-refractivity contribution in [1.82, 2.24) is 4.90 Å². The van der Waals surface area contributed by atoms with Crippen molar-refractivity contribution in [2.75, 3.05) is 7.11 Å². The molecule has 1 aliphatic rings. The summed E-state index contributed by atoms with van der Waals surface area (Å²) < 4.78 is 24.4. The van der Waals surface area contributed by atoms with Crippen LogP contribution in [-0.2, 0) is 9.53 Å². The average Bonchev–Trinajstić information content (AvgIpc) is 3.22. The first-order valence-electron chi connectivity index (χ1n) is 6.40. The Labute approximate surface area is 130 Å². The largest absolute Gasteiger partial charge is 0.465 e. The van der Waals surface area contributed by atoms with Gasteiger partial charge in [-0.15, -0.1) is 0 Å². The topological polar surface area (TPSA) is 55.8 Å². The lowest BCUT2D eigenvalue weighted by Crippen LogP contribution is -2.48. The first kappa shape index (κ1) is 15.8. The molecule has 1 unspecified atom stereocenters. The number of hydrogen-bond donors (Lipinski definition) is 0. The molecule has 0 N–H and O–H groups in total. The number of benzene rings is 1. The van der Waals surface area contributed by atoms with Crippen LogP contribution < -0.4 is 4.74 Å². The Bertz CT molecular complexity index is 542. The third-order valence-corrected chi connectivity index (χ3v) is 3.59. The number of carbonyl (C=O) groups is 2. The van der Waals surface area contributed by atoms with Crippen molar-refractivity contribution in [3.63, 3.8) is 0 Å². The monoisotopic (exact) mass is 359 g/mol. The van der Waals surface area contributed by atoms with Gasteiger partial charge in [-0.3, -0.25) is 9.69 Å². The predicted octanol–water partition coefficient (Wildman–Crippen LogP) is 2.84. The number of hydrogen-bond acceptors (Lipinski definition) is 4. The van der Waals surface area contributed by atoms with E-state index in [4.69, 9.17) is 4.74 Å².